The van der Waals surface area contributed by atoms with Crippen LogP contribution in [0.1, 0.15) is 11.1 Å². The third-order valence-electron chi connectivity index (χ3n) is 4.28. The van der Waals surface area contributed by atoms with Crippen molar-refractivity contribution in [1.82, 2.24) is 5.32 Å². The second kappa shape index (κ2) is 8.42. The first-order chi connectivity index (χ1) is 13.8. The number of anilines is 1. The lowest BCUT2D eigenvalue weighted by Gasteiger charge is -2.27. The first-order valence-corrected chi connectivity index (χ1v) is 9.81. The molecule has 1 saturated heterocycles. The van der Waals surface area contributed by atoms with Gasteiger partial charge in [0.2, 0.25) is 0 Å². The fourth-order valence-corrected chi connectivity index (χ4v) is 3.90. The van der Waals surface area contributed by atoms with E-state index in [1.165, 1.54) is 26.4 Å². The summed E-state index contributed by atoms with van der Waals surface area (Å²) in [6.07, 6.45) is 1.40. The van der Waals surface area contributed by atoms with Gasteiger partial charge in [0.05, 0.1) is 23.5 Å². The van der Waals surface area contributed by atoms with E-state index in [1.54, 1.807) is 31.2 Å². The zero-order valence-electron chi connectivity index (χ0n) is 15.7. The fourth-order valence-electron chi connectivity index (χ4n) is 2.89. The summed E-state index contributed by atoms with van der Waals surface area (Å²) >= 11 is 8.09. The number of nitrogens with zero attached hydrogens (tertiary/aromatic N) is 1. The van der Waals surface area contributed by atoms with Crippen LogP contribution in [-0.2, 0) is 9.59 Å². The van der Waals surface area contributed by atoms with Gasteiger partial charge in [-0.05, 0) is 71.0 Å². The summed E-state index contributed by atoms with van der Waals surface area (Å²) in [5.74, 6) is -0.524. The number of barbiturate groups is 1. The van der Waals surface area contributed by atoms with Crippen LogP contribution in [0.25, 0.3) is 6.08 Å². The van der Waals surface area contributed by atoms with E-state index in [1.807, 2.05) is 0 Å². The summed E-state index contributed by atoms with van der Waals surface area (Å²) in [5.41, 5.74) is 1.32. The van der Waals surface area contributed by atoms with Crippen molar-refractivity contribution in [2.45, 2.75) is 6.92 Å². The van der Waals surface area contributed by atoms with Crippen molar-refractivity contribution in [1.29, 1.82) is 0 Å². The largest absolute Gasteiger partial charge is 0.493 e. The van der Waals surface area contributed by atoms with Crippen LogP contribution in [0.4, 0.5) is 10.5 Å². The quantitative estimate of drug-likeness (QED) is 0.371. The molecule has 1 fully saturated rings. The lowest BCUT2D eigenvalue weighted by atomic mass is 10.1. The smallest absolute Gasteiger partial charge is 0.335 e. The highest BCUT2D eigenvalue weighted by atomic mass is 127. The zero-order chi connectivity index (χ0) is 21.3. The van der Waals surface area contributed by atoms with Gasteiger partial charge in [0.25, 0.3) is 11.8 Å². The Kier molecular flexibility index (Phi) is 6.13. The Bertz CT molecular complexity index is 1070. The Hall–Kier alpha value is -2.59. The number of benzene rings is 2. The summed E-state index contributed by atoms with van der Waals surface area (Å²) in [4.78, 5) is 38.7. The molecule has 2 aromatic rings. The molecular formula is C20H16ClIN2O5. The van der Waals surface area contributed by atoms with E-state index < -0.39 is 17.8 Å². The molecule has 0 aromatic heterocycles. The van der Waals surface area contributed by atoms with Crippen LogP contribution < -0.4 is 19.7 Å². The van der Waals surface area contributed by atoms with Gasteiger partial charge in [0.1, 0.15) is 5.57 Å². The van der Waals surface area contributed by atoms with Gasteiger partial charge in [-0.2, -0.15) is 0 Å². The number of nitrogens with one attached hydrogen (secondary N) is 1. The van der Waals surface area contributed by atoms with E-state index in [2.05, 4.69) is 27.9 Å². The standard InChI is InChI=1S/C20H16ClIN2O5/c1-10-4-5-12(21)9-15(10)24-19(26)13(18(25)23-20(24)27)6-11-7-14(22)17(29-3)16(8-11)28-2/h4-9H,1-3H3,(H,23,25,27)/b13-6+. The second-order valence-electron chi connectivity index (χ2n) is 6.13. The van der Waals surface area contributed by atoms with Gasteiger partial charge < -0.3 is 9.47 Å². The minimum absolute atomic E-state index is 0.188. The average Bonchev–Trinajstić information content (AvgIpc) is 2.67. The SMILES string of the molecule is COc1cc(/C=C2\C(=O)NC(=O)N(c3cc(Cl)ccc3C)C2=O)cc(I)c1OC. The van der Waals surface area contributed by atoms with Gasteiger partial charge in [-0.25, -0.2) is 9.69 Å². The number of halogens is 2. The number of ether oxygens (including phenoxy) is 2. The third kappa shape index (κ3) is 4.08. The Morgan fingerprint density at radius 1 is 1.10 bits per heavy atom. The van der Waals surface area contributed by atoms with Crippen molar-refractivity contribution in [3.8, 4) is 11.5 Å². The predicted molar refractivity (Wildman–Crippen MR) is 117 cm³/mol. The molecule has 0 unspecified atom stereocenters. The molecule has 0 spiro atoms. The molecule has 2 aromatic carbocycles. The summed E-state index contributed by atoms with van der Waals surface area (Å²) in [7, 11) is 3.01. The number of hydrogen-bond donors (Lipinski definition) is 1. The summed E-state index contributed by atoms with van der Waals surface area (Å²) in [5, 5.41) is 2.56. The van der Waals surface area contributed by atoms with Crippen LogP contribution in [0.15, 0.2) is 35.9 Å². The van der Waals surface area contributed by atoms with E-state index in [0.29, 0.717) is 33.3 Å². The Morgan fingerprint density at radius 2 is 1.83 bits per heavy atom. The molecule has 9 heteroatoms. The number of amides is 4. The van der Waals surface area contributed by atoms with Gasteiger partial charge in [0, 0.05) is 5.02 Å². The van der Waals surface area contributed by atoms with Gasteiger partial charge >= 0.3 is 6.03 Å². The van der Waals surface area contributed by atoms with E-state index >= 15 is 0 Å². The third-order valence-corrected chi connectivity index (χ3v) is 5.32. The molecule has 1 N–H and O–H groups in total. The molecule has 0 atom stereocenters. The summed E-state index contributed by atoms with van der Waals surface area (Å²) in [6.45, 7) is 1.74. The van der Waals surface area contributed by atoms with E-state index in [-0.39, 0.29) is 5.57 Å². The lowest BCUT2D eigenvalue weighted by Crippen LogP contribution is -2.54. The van der Waals surface area contributed by atoms with Gasteiger partial charge in [-0.3, -0.25) is 14.9 Å². The molecule has 150 valence electrons. The maximum Gasteiger partial charge on any atom is 0.335 e. The number of hydrogen-bond acceptors (Lipinski definition) is 5. The van der Waals surface area contributed by atoms with Crippen molar-refractivity contribution in [2.75, 3.05) is 19.1 Å². The number of carbonyl (C=O) groups is 3. The second-order valence-corrected chi connectivity index (χ2v) is 7.73. The number of urea groups is 1. The van der Waals surface area contributed by atoms with Crippen LogP contribution in [0.2, 0.25) is 5.02 Å². The van der Waals surface area contributed by atoms with Gasteiger partial charge in [0.15, 0.2) is 11.5 Å². The highest BCUT2D eigenvalue weighted by Crippen LogP contribution is 2.35. The highest BCUT2D eigenvalue weighted by Gasteiger charge is 2.37. The average molecular weight is 527 g/mol. The molecule has 1 heterocycles. The molecule has 0 bridgehead atoms. The lowest BCUT2D eigenvalue weighted by molar-refractivity contribution is -0.122. The van der Waals surface area contributed by atoms with Crippen molar-refractivity contribution >= 4 is 63.8 Å². The Balaban J connectivity index is 2.09. The fraction of sp³-hybridized carbons (Fsp3) is 0.150. The van der Waals surface area contributed by atoms with E-state index in [0.717, 1.165) is 8.47 Å². The topological polar surface area (TPSA) is 84.9 Å². The minimum atomic E-state index is -0.829. The van der Waals surface area contributed by atoms with Crippen LogP contribution >= 0.6 is 34.2 Å². The van der Waals surface area contributed by atoms with Crippen molar-refractivity contribution < 1.29 is 23.9 Å². The Morgan fingerprint density at radius 3 is 2.48 bits per heavy atom. The molecule has 0 saturated carbocycles. The van der Waals surface area contributed by atoms with E-state index in [9.17, 15) is 14.4 Å². The molecule has 1 aliphatic rings. The van der Waals surface area contributed by atoms with Crippen molar-refractivity contribution in [3.05, 3.63) is 55.6 Å². The molecule has 3 rings (SSSR count). The molecule has 7 nitrogen and oxygen atoms in total. The predicted octanol–water partition coefficient (Wildman–Crippen LogP) is 3.94. The highest BCUT2D eigenvalue weighted by molar-refractivity contribution is 14.1. The maximum absolute atomic E-state index is 13.1. The normalized spacial score (nSPS) is 15.6. The number of carbonyl (C=O) groups excluding carboxylic acids is 3. The molecule has 4 amide bonds. The molecule has 0 radical (unpaired) electrons. The first kappa shape index (κ1) is 21.1. The van der Waals surface area contributed by atoms with Gasteiger partial charge in [-0.15, -0.1) is 0 Å². The van der Waals surface area contributed by atoms with E-state index in [4.69, 9.17) is 21.1 Å². The monoisotopic (exact) mass is 526 g/mol. The molecule has 0 aliphatic carbocycles. The Labute approximate surface area is 185 Å². The van der Waals surface area contributed by atoms with Crippen LogP contribution in [0, 0.1) is 10.5 Å². The number of imide groups is 2. The first-order valence-electron chi connectivity index (χ1n) is 8.36. The number of rotatable bonds is 4. The van der Waals surface area contributed by atoms with Gasteiger partial charge in [-0.1, -0.05) is 17.7 Å². The van der Waals surface area contributed by atoms with Crippen molar-refractivity contribution in [3.63, 3.8) is 0 Å². The molecule has 1 aliphatic heterocycles. The maximum atomic E-state index is 13.1. The summed E-state index contributed by atoms with van der Waals surface area (Å²) < 4.78 is 11.4. The minimum Gasteiger partial charge on any atom is -0.493 e. The number of aryl methyl sites for hydroxylation is 1. The van der Waals surface area contributed by atoms with Crippen LogP contribution in [0.3, 0.4) is 0 Å². The zero-order valence-corrected chi connectivity index (χ0v) is 18.6. The van der Waals surface area contributed by atoms with Crippen molar-refractivity contribution in [2.24, 2.45) is 0 Å². The molecular weight excluding hydrogens is 511 g/mol. The summed E-state index contributed by atoms with van der Waals surface area (Å²) in [6, 6.07) is 7.39. The molecule has 29 heavy (non-hydrogen) atoms. The van der Waals surface area contributed by atoms with Crippen LogP contribution in [0.5, 0.6) is 11.5 Å². The number of methoxy groups -OCH3 is 2. The van der Waals surface area contributed by atoms with Crippen LogP contribution in [-0.4, -0.2) is 32.1 Å².